The highest BCUT2D eigenvalue weighted by molar-refractivity contribution is 5.82. The zero-order valence-electron chi connectivity index (χ0n) is 21.4. The predicted molar refractivity (Wildman–Crippen MR) is 135 cm³/mol. The summed E-state index contributed by atoms with van der Waals surface area (Å²) in [4.78, 5) is 34.6. The summed E-state index contributed by atoms with van der Waals surface area (Å²) in [5.41, 5.74) is 5.29. The number of nitrogens with zero attached hydrogens (tertiary/aromatic N) is 1. The molecule has 0 aromatic heterocycles. The van der Waals surface area contributed by atoms with E-state index in [0.717, 1.165) is 28.7 Å². The third-order valence-electron chi connectivity index (χ3n) is 5.80. The van der Waals surface area contributed by atoms with Gasteiger partial charge >= 0.3 is 5.97 Å². The van der Waals surface area contributed by atoms with Gasteiger partial charge in [0.25, 0.3) is 0 Å². The highest BCUT2D eigenvalue weighted by Gasteiger charge is 2.22. The number of phenols is 1. The number of nitroso groups, excluding NO2 is 1. The molecule has 0 radical (unpaired) electrons. The van der Waals surface area contributed by atoms with Gasteiger partial charge in [-0.1, -0.05) is 45.0 Å². The van der Waals surface area contributed by atoms with Crippen LogP contribution in [0.3, 0.4) is 0 Å². The lowest BCUT2D eigenvalue weighted by Gasteiger charge is -2.15. The van der Waals surface area contributed by atoms with Crippen LogP contribution in [0.1, 0.15) is 61.4 Å². The molecule has 1 unspecified atom stereocenters. The van der Waals surface area contributed by atoms with Crippen LogP contribution < -0.4 is 10.1 Å². The number of esters is 1. The molecule has 0 fully saturated rings. The predicted octanol–water partition coefficient (Wildman–Crippen LogP) is 4.55. The summed E-state index contributed by atoms with van der Waals surface area (Å²) in [7, 11) is 0. The molecule has 2 N–H and O–H groups in total. The van der Waals surface area contributed by atoms with Crippen molar-refractivity contribution in [2.24, 2.45) is 11.1 Å². The van der Waals surface area contributed by atoms with E-state index in [1.165, 1.54) is 5.56 Å². The van der Waals surface area contributed by atoms with E-state index in [9.17, 15) is 19.6 Å². The first kappa shape index (κ1) is 27.8. The molecule has 0 spiro atoms. The van der Waals surface area contributed by atoms with Crippen LogP contribution >= 0.6 is 0 Å². The normalized spacial score (nSPS) is 11.9. The van der Waals surface area contributed by atoms with Gasteiger partial charge in [0, 0.05) is 0 Å². The van der Waals surface area contributed by atoms with Crippen LogP contribution in [0.15, 0.2) is 35.5 Å². The minimum atomic E-state index is -0.963. The number of phenolic OH excluding ortho intramolecular Hbond substituents is 1. The summed E-state index contributed by atoms with van der Waals surface area (Å²) >= 11 is 0. The first-order chi connectivity index (χ1) is 16.5. The Morgan fingerprint density at radius 2 is 1.71 bits per heavy atom. The van der Waals surface area contributed by atoms with Crippen LogP contribution in [-0.2, 0) is 20.7 Å². The first-order valence-corrected chi connectivity index (χ1v) is 11.8. The van der Waals surface area contributed by atoms with Crippen molar-refractivity contribution in [2.75, 3.05) is 19.8 Å². The van der Waals surface area contributed by atoms with E-state index in [1.54, 1.807) is 19.9 Å². The number of rotatable bonds is 12. The van der Waals surface area contributed by atoms with E-state index in [-0.39, 0.29) is 31.6 Å². The average Bonchev–Trinajstić information content (AvgIpc) is 2.78. The molecular weight excluding hydrogens is 448 g/mol. The lowest BCUT2D eigenvalue weighted by molar-refractivity contribution is -0.146. The largest absolute Gasteiger partial charge is 0.508 e. The molecule has 0 aliphatic rings. The van der Waals surface area contributed by atoms with Gasteiger partial charge in [-0.2, -0.15) is 0 Å². The van der Waals surface area contributed by atoms with Crippen molar-refractivity contribution in [3.8, 4) is 11.5 Å². The Morgan fingerprint density at radius 1 is 1.06 bits per heavy atom. The number of carbonyl (C=O) groups excluding carboxylic acids is 2. The molecule has 190 valence electrons. The quantitative estimate of drug-likeness (QED) is 0.259. The number of aryl methyl sites for hydroxylation is 2. The Kier molecular flexibility index (Phi) is 10.2. The monoisotopic (exact) mass is 484 g/mol. The number of hydrogen-bond acceptors (Lipinski definition) is 7. The number of benzene rings is 2. The second kappa shape index (κ2) is 12.9. The summed E-state index contributed by atoms with van der Waals surface area (Å²) in [6.45, 7) is 11.4. The maximum Gasteiger partial charge on any atom is 0.344 e. The summed E-state index contributed by atoms with van der Waals surface area (Å²) in [6, 6.07) is 8.53. The molecule has 1 amide bonds. The van der Waals surface area contributed by atoms with E-state index < -0.39 is 17.9 Å². The van der Waals surface area contributed by atoms with Gasteiger partial charge in [-0.3, -0.25) is 4.79 Å². The average molecular weight is 485 g/mol. The Balaban J connectivity index is 1.88. The van der Waals surface area contributed by atoms with Gasteiger partial charge in [-0.15, -0.1) is 4.91 Å². The number of nitrogens with one attached hydrogen (secondary N) is 1. The van der Waals surface area contributed by atoms with Crippen LogP contribution in [0.4, 0.5) is 0 Å². The topological polar surface area (TPSA) is 114 Å². The molecule has 0 saturated carbocycles. The minimum Gasteiger partial charge on any atom is -0.508 e. The van der Waals surface area contributed by atoms with Gasteiger partial charge < -0.3 is 19.9 Å². The lowest BCUT2D eigenvalue weighted by Crippen LogP contribution is -2.38. The molecule has 0 heterocycles. The van der Waals surface area contributed by atoms with Crippen molar-refractivity contribution in [3.63, 3.8) is 0 Å². The highest BCUT2D eigenvalue weighted by atomic mass is 16.6. The molecule has 8 nitrogen and oxygen atoms in total. The number of ether oxygens (including phenoxy) is 2. The molecule has 0 aliphatic carbocycles. The van der Waals surface area contributed by atoms with E-state index in [1.807, 2.05) is 38.1 Å². The molecule has 8 heteroatoms. The van der Waals surface area contributed by atoms with Crippen LogP contribution in [0.25, 0.3) is 0 Å². The Bertz CT molecular complexity index is 1020. The first-order valence-electron chi connectivity index (χ1n) is 11.8. The van der Waals surface area contributed by atoms with Crippen molar-refractivity contribution < 1.29 is 24.2 Å². The maximum absolute atomic E-state index is 12.0. The third kappa shape index (κ3) is 8.09. The van der Waals surface area contributed by atoms with Crippen molar-refractivity contribution in [3.05, 3.63) is 63.1 Å². The molecule has 0 saturated heterocycles. The summed E-state index contributed by atoms with van der Waals surface area (Å²) in [6.07, 6.45) is 0.725. The fourth-order valence-corrected chi connectivity index (χ4v) is 3.80. The van der Waals surface area contributed by atoms with E-state index in [2.05, 4.69) is 24.3 Å². The van der Waals surface area contributed by atoms with Gasteiger partial charge in [0.05, 0.1) is 6.54 Å². The molecule has 2 rings (SSSR count). The smallest absolute Gasteiger partial charge is 0.344 e. The molecule has 0 bridgehead atoms. The molecule has 0 aliphatic heterocycles. The zero-order valence-corrected chi connectivity index (χ0v) is 21.4. The minimum absolute atomic E-state index is 0.0282. The fourth-order valence-electron chi connectivity index (χ4n) is 3.80. The van der Waals surface area contributed by atoms with Crippen LogP contribution in [0, 0.1) is 24.7 Å². The highest BCUT2D eigenvalue weighted by Crippen LogP contribution is 2.29. The van der Waals surface area contributed by atoms with Crippen LogP contribution in [-0.4, -0.2) is 42.8 Å². The van der Waals surface area contributed by atoms with Crippen LogP contribution in [0.2, 0.25) is 0 Å². The van der Waals surface area contributed by atoms with Gasteiger partial charge in [-0.25, -0.2) is 4.79 Å². The fraction of sp³-hybridized carbons (Fsp3) is 0.481. The van der Waals surface area contributed by atoms with Gasteiger partial charge in [0.1, 0.15) is 18.1 Å². The summed E-state index contributed by atoms with van der Waals surface area (Å²) in [5.74, 6) is -0.138. The van der Waals surface area contributed by atoms with Crippen molar-refractivity contribution >= 4 is 11.9 Å². The summed E-state index contributed by atoms with van der Waals surface area (Å²) in [5, 5.41) is 15.4. The Hall–Kier alpha value is -3.42. The summed E-state index contributed by atoms with van der Waals surface area (Å²) < 4.78 is 10.7. The Labute approximate surface area is 207 Å². The van der Waals surface area contributed by atoms with Crippen molar-refractivity contribution in [2.45, 2.75) is 59.9 Å². The second-order valence-electron chi connectivity index (χ2n) is 9.35. The van der Waals surface area contributed by atoms with Gasteiger partial charge in [0.15, 0.2) is 12.6 Å². The second-order valence-corrected chi connectivity index (χ2v) is 9.35. The lowest BCUT2D eigenvalue weighted by atomic mass is 9.93. The van der Waals surface area contributed by atoms with Crippen molar-refractivity contribution in [1.82, 2.24) is 5.32 Å². The maximum atomic E-state index is 12.0. The van der Waals surface area contributed by atoms with E-state index >= 15 is 0 Å². The molecule has 35 heavy (non-hydrogen) atoms. The molecular formula is C27H36N2O6. The molecule has 2 aromatic rings. The van der Waals surface area contributed by atoms with Gasteiger partial charge in [-0.05, 0) is 78.1 Å². The number of carbonyl (C=O) groups is 2. The molecule has 2 aromatic carbocycles. The van der Waals surface area contributed by atoms with Crippen LogP contribution in [0.5, 0.6) is 11.5 Å². The van der Waals surface area contributed by atoms with Gasteiger partial charge in [0.2, 0.25) is 5.91 Å². The van der Waals surface area contributed by atoms with E-state index in [0.29, 0.717) is 11.5 Å². The standard InChI is InChI=1S/C27H36N2O6/c1-16(2)22-13-20(7-8-24(22)30)14-23-18(5)11-21(12-19(23)6)35-15-25(31)34-10-9-28-27(32)26(29-33)17(3)4/h7-8,11-13,16-17,26,30H,9-10,14-15H2,1-6H3,(H,28,32). The molecule has 1 atom stereocenters. The zero-order chi connectivity index (χ0) is 26.1. The Morgan fingerprint density at radius 3 is 2.29 bits per heavy atom. The SMILES string of the molecule is Cc1cc(OCC(=O)OCCNC(=O)C(N=O)C(C)C)cc(C)c1Cc1ccc(O)c(C(C)C)c1. The third-order valence-corrected chi connectivity index (χ3v) is 5.80. The number of hydrogen-bond donors (Lipinski definition) is 2. The van der Waals surface area contributed by atoms with Crippen molar-refractivity contribution in [1.29, 1.82) is 0 Å². The van der Waals surface area contributed by atoms with E-state index in [4.69, 9.17) is 9.47 Å². The number of aromatic hydroxyl groups is 1. The number of amides is 1.